The molecule has 0 bridgehead atoms. The summed E-state index contributed by atoms with van der Waals surface area (Å²) in [7, 11) is -2.90. The summed E-state index contributed by atoms with van der Waals surface area (Å²) >= 11 is 0. The van der Waals surface area contributed by atoms with E-state index in [1.54, 1.807) is 6.92 Å². The second-order valence-electron chi connectivity index (χ2n) is 5.08. The first-order valence-electron chi connectivity index (χ1n) is 6.85. The second-order valence-corrected chi connectivity index (χ2v) is 7.31. The van der Waals surface area contributed by atoms with Gasteiger partial charge in [-0.3, -0.25) is 4.79 Å². The molecule has 0 aliphatic carbocycles. The lowest BCUT2D eigenvalue weighted by Crippen LogP contribution is -2.34. The Morgan fingerprint density at radius 1 is 1.25 bits per heavy atom. The molecule has 110 valence electrons. The molecule has 20 heavy (non-hydrogen) atoms. The lowest BCUT2D eigenvalue weighted by Gasteiger charge is -2.24. The lowest BCUT2D eigenvalue weighted by atomic mass is 10.1. The zero-order valence-corrected chi connectivity index (χ0v) is 12.4. The van der Waals surface area contributed by atoms with Crippen LogP contribution in [0.5, 0.6) is 0 Å². The third-order valence-corrected chi connectivity index (χ3v) is 5.14. The smallest absolute Gasteiger partial charge is 0.224 e. The molecule has 1 unspecified atom stereocenters. The zero-order chi connectivity index (χ0) is 14.6. The Morgan fingerprint density at radius 3 is 2.50 bits per heavy atom. The average molecular weight is 296 g/mol. The standard InChI is InChI=1S/C14H20N2O3S/c1-2-14(17)16-12-7-5-11(6-8-12)15-13-4-3-9-20(18,19)10-13/h5-8,13,15H,2-4,9-10H2,1H3,(H,16,17). The molecule has 1 atom stereocenters. The van der Waals surface area contributed by atoms with Gasteiger partial charge in [-0.15, -0.1) is 0 Å². The highest BCUT2D eigenvalue weighted by molar-refractivity contribution is 7.91. The van der Waals surface area contributed by atoms with E-state index in [9.17, 15) is 13.2 Å². The predicted octanol–water partition coefficient (Wildman–Crippen LogP) is 2.02. The number of benzene rings is 1. The van der Waals surface area contributed by atoms with Gasteiger partial charge in [-0.1, -0.05) is 6.92 Å². The van der Waals surface area contributed by atoms with E-state index in [-0.39, 0.29) is 17.7 Å². The molecule has 1 aromatic carbocycles. The van der Waals surface area contributed by atoms with Crippen molar-refractivity contribution in [3.63, 3.8) is 0 Å². The normalized spacial score (nSPS) is 21.1. The van der Waals surface area contributed by atoms with Crippen LogP contribution < -0.4 is 10.6 Å². The minimum Gasteiger partial charge on any atom is -0.381 e. The van der Waals surface area contributed by atoms with Crippen LogP contribution >= 0.6 is 0 Å². The van der Waals surface area contributed by atoms with E-state index in [4.69, 9.17) is 0 Å². The van der Waals surface area contributed by atoms with E-state index in [0.29, 0.717) is 18.6 Å². The topological polar surface area (TPSA) is 75.3 Å². The van der Waals surface area contributed by atoms with Gasteiger partial charge in [0.25, 0.3) is 0 Å². The molecular weight excluding hydrogens is 276 g/mol. The molecule has 1 aliphatic heterocycles. The predicted molar refractivity (Wildman–Crippen MR) is 80.7 cm³/mol. The van der Waals surface area contributed by atoms with E-state index in [1.807, 2.05) is 24.3 Å². The van der Waals surface area contributed by atoms with E-state index < -0.39 is 9.84 Å². The SMILES string of the molecule is CCC(=O)Nc1ccc(NC2CCCS(=O)(=O)C2)cc1. The number of hydrogen-bond donors (Lipinski definition) is 2. The Bertz CT molecular complexity index is 567. The number of hydrogen-bond acceptors (Lipinski definition) is 4. The number of rotatable bonds is 4. The van der Waals surface area contributed by atoms with Crippen molar-refractivity contribution < 1.29 is 13.2 Å². The highest BCUT2D eigenvalue weighted by atomic mass is 32.2. The largest absolute Gasteiger partial charge is 0.381 e. The summed E-state index contributed by atoms with van der Waals surface area (Å²) in [6.45, 7) is 1.80. The summed E-state index contributed by atoms with van der Waals surface area (Å²) in [6.07, 6.45) is 2.03. The third-order valence-electron chi connectivity index (χ3n) is 3.32. The molecule has 1 heterocycles. The average Bonchev–Trinajstić information content (AvgIpc) is 2.40. The van der Waals surface area contributed by atoms with Crippen LogP contribution in [0.15, 0.2) is 24.3 Å². The Kier molecular flexibility index (Phi) is 4.65. The fourth-order valence-corrected chi connectivity index (χ4v) is 3.91. The number of amides is 1. The van der Waals surface area contributed by atoms with Crippen LogP contribution in [-0.2, 0) is 14.6 Å². The molecule has 0 aromatic heterocycles. The molecule has 1 aromatic rings. The van der Waals surface area contributed by atoms with E-state index in [2.05, 4.69) is 10.6 Å². The zero-order valence-electron chi connectivity index (χ0n) is 11.6. The first-order chi connectivity index (χ1) is 9.48. The minimum atomic E-state index is -2.90. The Hall–Kier alpha value is -1.56. The Morgan fingerprint density at radius 2 is 1.90 bits per heavy atom. The summed E-state index contributed by atoms with van der Waals surface area (Å²) in [5, 5.41) is 6.01. The van der Waals surface area contributed by atoms with Crippen LogP contribution in [0.1, 0.15) is 26.2 Å². The third kappa shape index (κ3) is 4.23. The van der Waals surface area contributed by atoms with Gasteiger partial charge in [0.2, 0.25) is 5.91 Å². The van der Waals surface area contributed by atoms with Crippen molar-refractivity contribution in [2.45, 2.75) is 32.2 Å². The van der Waals surface area contributed by atoms with Crippen molar-refractivity contribution in [3.8, 4) is 0 Å². The highest BCUT2D eigenvalue weighted by Gasteiger charge is 2.24. The van der Waals surface area contributed by atoms with E-state index in [1.165, 1.54) is 0 Å². The first kappa shape index (κ1) is 14.8. The van der Waals surface area contributed by atoms with Crippen LogP contribution in [0.2, 0.25) is 0 Å². The van der Waals surface area contributed by atoms with Crippen molar-refractivity contribution in [2.24, 2.45) is 0 Å². The molecule has 1 saturated heterocycles. The van der Waals surface area contributed by atoms with Crippen molar-refractivity contribution >= 4 is 27.1 Å². The van der Waals surface area contributed by atoms with E-state index >= 15 is 0 Å². The molecule has 1 fully saturated rings. The van der Waals surface area contributed by atoms with Gasteiger partial charge in [0.1, 0.15) is 0 Å². The molecule has 5 nitrogen and oxygen atoms in total. The lowest BCUT2D eigenvalue weighted by molar-refractivity contribution is -0.115. The van der Waals surface area contributed by atoms with Crippen molar-refractivity contribution in [1.82, 2.24) is 0 Å². The fourth-order valence-electron chi connectivity index (χ4n) is 2.27. The van der Waals surface area contributed by atoms with Gasteiger partial charge in [0.15, 0.2) is 9.84 Å². The summed E-state index contributed by atoms with van der Waals surface area (Å²) in [4.78, 5) is 11.3. The molecule has 0 saturated carbocycles. The maximum atomic E-state index is 11.6. The number of sulfone groups is 1. The molecule has 0 radical (unpaired) electrons. The molecular formula is C14H20N2O3S. The number of nitrogens with one attached hydrogen (secondary N) is 2. The van der Waals surface area contributed by atoms with Crippen molar-refractivity contribution in [1.29, 1.82) is 0 Å². The maximum absolute atomic E-state index is 11.6. The highest BCUT2D eigenvalue weighted by Crippen LogP contribution is 2.19. The van der Waals surface area contributed by atoms with Crippen LogP contribution in [0.3, 0.4) is 0 Å². The summed E-state index contributed by atoms with van der Waals surface area (Å²) in [5.74, 6) is 0.471. The summed E-state index contributed by atoms with van der Waals surface area (Å²) in [5.41, 5.74) is 1.63. The number of carbonyl (C=O) groups excluding carboxylic acids is 1. The number of anilines is 2. The second kappa shape index (κ2) is 6.26. The van der Waals surface area contributed by atoms with Gasteiger partial charge in [-0.05, 0) is 37.1 Å². The molecule has 0 spiro atoms. The van der Waals surface area contributed by atoms with Crippen LogP contribution in [0.4, 0.5) is 11.4 Å². The summed E-state index contributed by atoms with van der Waals surface area (Å²) < 4.78 is 23.1. The fraction of sp³-hybridized carbons (Fsp3) is 0.500. The van der Waals surface area contributed by atoms with Gasteiger partial charge >= 0.3 is 0 Å². The molecule has 6 heteroatoms. The Labute approximate surface area is 119 Å². The monoisotopic (exact) mass is 296 g/mol. The molecule has 2 N–H and O–H groups in total. The van der Waals surface area contributed by atoms with Gasteiger partial charge in [0, 0.05) is 23.8 Å². The van der Waals surface area contributed by atoms with Crippen molar-refractivity contribution in [3.05, 3.63) is 24.3 Å². The number of carbonyl (C=O) groups is 1. The van der Waals surface area contributed by atoms with Crippen LogP contribution in [0, 0.1) is 0 Å². The van der Waals surface area contributed by atoms with Crippen LogP contribution in [0.25, 0.3) is 0 Å². The Balaban J connectivity index is 1.95. The summed E-state index contributed by atoms with van der Waals surface area (Å²) in [6, 6.07) is 7.31. The van der Waals surface area contributed by atoms with Crippen molar-refractivity contribution in [2.75, 3.05) is 22.1 Å². The van der Waals surface area contributed by atoms with Gasteiger partial charge < -0.3 is 10.6 Å². The van der Waals surface area contributed by atoms with Gasteiger partial charge in [-0.2, -0.15) is 0 Å². The molecule has 1 amide bonds. The maximum Gasteiger partial charge on any atom is 0.224 e. The van der Waals surface area contributed by atoms with Gasteiger partial charge in [0.05, 0.1) is 11.5 Å². The van der Waals surface area contributed by atoms with Gasteiger partial charge in [-0.25, -0.2) is 8.42 Å². The van der Waals surface area contributed by atoms with E-state index in [0.717, 1.165) is 17.8 Å². The molecule has 2 rings (SSSR count). The minimum absolute atomic E-state index is 0.0233. The quantitative estimate of drug-likeness (QED) is 0.891. The van der Waals surface area contributed by atoms with Crippen LogP contribution in [-0.4, -0.2) is 31.9 Å². The molecule has 1 aliphatic rings. The first-order valence-corrected chi connectivity index (χ1v) is 8.67.